The predicted octanol–water partition coefficient (Wildman–Crippen LogP) is 1.21. The van der Waals surface area contributed by atoms with Gasteiger partial charge in [0, 0.05) is 18.7 Å². The number of rotatable bonds is 4. The third kappa shape index (κ3) is 2.59. The molecule has 0 unspecified atom stereocenters. The summed E-state index contributed by atoms with van der Waals surface area (Å²) in [5, 5.41) is 4.22. The highest BCUT2D eigenvalue weighted by Crippen LogP contribution is 2.11. The zero-order valence-corrected chi connectivity index (χ0v) is 10.0. The molecule has 0 aromatic carbocycles. The van der Waals surface area contributed by atoms with Crippen molar-refractivity contribution in [3.63, 3.8) is 0 Å². The minimum atomic E-state index is 0.603. The van der Waals surface area contributed by atoms with E-state index < -0.39 is 0 Å². The van der Waals surface area contributed by atoms with E-state index in [1.54, 1.807) is 16.9 Å². The lowest BCUT2D eigenvalue weighted by Gasteiger charge is -2.06. The Morgan fingerprint density at radius 2 is 2.24 bits per heavy atom. The molecule has 90 valence electrons. The molecular weight excluding hydrogens is 216 g/mol. The number of hydrogen-bond acceptors (Lipinski definition) is 5. The maximum Gasteiger partial charge on any atom is 0.159 e. The summed E-state index contributed by atoms with van der Waals surface area (Å²) in [4.78, 5) is 8.73. The van der Waals surface area contributed by atoms with Crippen molar-refractivity contribution >= 4 is 5.82 Å². The highest BCUT2D eigenvalue weighted by Gasteiger charge is 2.06. The Bertz CT molecular complexity index is 504. The molecule has 2 rings (SSSR count). The number of nitrogens with one attached hydrogen (secondary N) is 1. The van der Waals surface area contributed by atoms with Gasteiger partial charge in [0.05, 0.1) is 6.20 Å². The van der Waals surface area contributed by atoms with E-state index >= 15 is 0 Å². The predicted molar refractivity (Wildman–Crippen MR) is 65.7 cm³/mol. The van der Waals surface area contributed by atoms with Crippen LogP contribution in [0.15, 0.2) is 18.5 Å². The molecule has 0 atom stereocenters. The number of nitrogens with zero attached hydrogens (tertiary/aromatic N) is 4. The highest BCUT2D eigenvalue weighted by molar-refractivity contribution is 5.40. The van der Waals surface area contributed by atoms with Crippen molar-refractivity contribution in [1.29, 1.82) is 0 Å². The molecule has 0 saturated heterocycles. The molecule has 17 heavy (non-hydrogen) atoms. The summed E-state index contributed by atoms with van der Waals surface area (Å²) in [6, 6.07) is 1.77. The van der Waals surface area contributed by atoms with Gasteiger partial charge in [0.15, 0.2) is 5.82 Å². The van der Waals surface area contributed by atoms with E-state index in [-0.39, 0.29) is 0 Å². The van der Waals surface area contributed by atoms with E-state index in [9.17, 15) is 0 Å². The molecular formula is C11H16N6. The second kappa shape index (κ2) is 4.92. The molecule has 6 nitrogen and oxygen atoms in total. The first-order chi connectivity index (χ1) is 8.22. The lowest BCUT2D eigenvalue weighted by molar-refractivity contribution is 0.785. The van der Waals surface area contributed by atoms with Crippen LogP contribution in [0.25, 0.3) is 5.82 Å². The second-order valence-corrected chi connectivity index (χ2v) is 3.88. The van der Waals surface area contributed by atoms with Crippen LogP contribution in [0, 0.1) is 6.92 Å². The van der Waals surface area contributed by atoms with Crippen LogP contribution < -0.4 is 11.3 Å². The fourth-order valence-electron chi connectivity index (χ4n) is 1.55. The van der Waals surface area contributed by atoms with Gasteiger partial charge in [-0.1, -0.05) is 6.92 Å². The first kappa shape index (κ1) is 11.5. The lowest BCUT2D eigenvalue weighted by atomic mass is 10.3. The highest BCUT2D eigenvalue weighted by atomic mass is 15.3. The number of nitrogen functional groups attached to an aromatic ring is 1. The summed E-state index contributed by atoms with van der Waals surface area (Å²) in [7, 11) is 0. The molecule has 0 spiro atoms. The Morgan fingerprint density at radius 1 is 1.41 bits per heavy atom. The van der Waals surface area contributed by atoms with Gasteiger partial charge in [0.2, 0.25) is 0 Å². The molecule has 0 aliphatic rings. The third-order valence-electron chi connectivity index (χ3n) is 2.33. The zero-order chi connectivity index (χ0) is 12.3. The number of hydrazine groups is 1. The number of anilines is 1. The van der Waals surface area contributed by atoms with Crippen LogP contribution in [0.2, 0.25) is 0 Å². The van der Waals surface area contributed by atoms with Gasteiger partial charge in [0.25, 0.3) is 0 Å². The Kier molecular flexibility index (Phi) is 3.34. The minimum Gasteiger partial charge on any atom is -0.308 e. The van der Waals surface area contributed by atoms with Crippen molar-refractivity contribution in [1.82, 2.24) is 19.7 Å². The second-order valence-electron chi connectivity index (χ2n) is 3.88. The van der Waals surface area contributed by atoms with Gasteiger partial charge < -0.3 is 5.43 Å². The van der Waals surface area contributed by atoms with E-state index in [2.05, 4.69) is 27.4 Å². The minimum absolute atomic E-state index is 0.603. The number of aryl methyl sites for hydroxylation is 2. The number of nitrogens with two attached hydrogens (primary N) is 1. The van der Waals surface area contributed by atoms with Crippen molar-refractivity contribution in [3.05, 3.63) is 29.8 Å². The van der Waals surface area contributed by atoms with Crippen molar-refractivity contribution < 1.29 is 0 Å². The Labute approximate surface area is 99.9 Å². The molecule has 0 radical (unpaired) electrons. The van der Waals surface area contributed by atoms with E-state index in [1.165, 1.54) is 0 Å². The van der Waals surface area contributed by atoms with Crippen LogP contribution in [-0.2, 0) is 6.42 Å². The van der Waals surface area contributed by atoms with Crippen molar-refractivity contribution in [2.24, 2.45) is 5.84 Å². The van der Waals surface area contributed by atoms with E-state index in [1.807, 2.05) is 13.1 Å². The molecule has 0 aliphatic heterocycles. The van der Waals surface area contributed by atoms with Crippen LogP contribution in [0.5, 0.6) is 0 Å². The fourth-order valence-corrected chi connectivity index (χ4v) is 1.55. The molecule has 6 heteroatoms. The van der Waals surface area contributed by atoms with Crippen LogP contribution in [0.3, 0.4) is 0 Å². The molecule has 0 amide bonds. The van der Waals surface area contributed by atoms with Crippen molar-refractivity contribution in [2.45, 2.75) is 26.7 Å². The summed E-state index contributed by atoms with van der Waals surface area (Å²) >= 11 is 0. The van der Waals surface area contributed by atoms with Crippen LogP contribution in [0.4, 0.5) is 5.82 Å². The van der Waals surface area contributed by atoms with E-state index in [0.29, 0.717) is 5.82 Å². The lowest BCUT2D eigenvalue weighted by Crippen LogP contribution is -2.12. The first-order valence-electron chi connectivity index (χ1n) is 5.59. The standard InChI is InChI=1S/C11H16N6/c1-3-4-9-14-10(16-12)5-11(15-9)17-7-8(2)6-13-17/h5-7H,3-4,12H2,1-2H3,(H,14,15,16). The van der Waals surface area contributed by atoms with Gasteiger partial charge in [-0.2, -0.15) is 5.10 Å². The number of hydrogen-bond donors (Lipinski definition) is 2. The maximum absolute atomic E-state index is 5.40. The normalized spacial score (nSPS) is 10.5. The Hall–Kier alpha value is -1.95. The average Bonchev–Trinajstić information content (AvgIpc) is 2.76. The monoisotopic (exact) mass is 232 g/mol. The van der Waals surface area contributed by atoms with Gasteiger partial charge >= 0.3 is 0 Å². The summed E-state index contributed by atoms with van der Waals surface area (Å²) in [5.74, 6) is 7.50. The maximum atomic E-state index is 5.40. The first-order valence-corrected chi connectivity index (χ1v) is 5.59. The van der Waals surface area contributed by atoms with Gasteiger partial charge in [-0.25, -0.2) is 20.5 Å². The van der Waals surface area contributed by atoms with Gasteiger partial charge in [0.1, 0.15) is 11.6 Å². The molecule has 3 N–H and O–H groups in total. The number of aromatic nitrogens is 4. The van der Waals surface area contributed by atoms with Crippen LogP contribution in [-0.4, -0.2) is 19.7 Å². The molecule has 0 fully saturated rings. The summed E-state index contributed by atoms with van der Waals surface area (Å²) in [6.45, 7) is 4.07. The largest absolute Gasteiger partial charge is 0.308 e. The van der Waals surface area contributed by atoms with Crippen LogP contribution in [0.1, 0.15) is 24.7 Å². The Balaban J connectivity index is 2.42. The summed E-state index contributed by atoms with van der Waals surface area (Å²) < 4.78 is 1.72. The van der Waals surface area contributed by atoms with E-state index in [4.69, 9.17) is 5.84 Å². The summed E-state index contributed by atoms with van der Waals surface area (Å²) in [6.07, 6.45) is 5.52. The summed E-state index contributed by atoms with van der Waals surface area (Å²) in [5.41, 5.74) is 3.64. The van der Waals surface area contributed by atoms with Crippen molar-refractivity contribution in [3.8, 4) is 5.82 Å². The third-order valence-corrected chi connectivity index (χ3v) is 2.33. The smallest absolute Gasteiger partial charge is 0.159 e. The average molecular weight is 232 g/mol. The topological polar surface area (TPSA) is 81.6 Å². The molecule has 0 saturated carbocycles. The van der Waals surface area contributed by atoms with Gasteiger partial charge in [-0.05, 0) is 18.9 Å². The molecule has 2 aromatic heterocycles. The Morgan fingerprint density at radius 3 is 2.82 bits per heavy atom. The quantitative estimate of drug-likeness (QED) is 0.611. The molecule has 2 heterocycles. The molecule has 0 aliphatic carbocycles. The van der Waals surface area contributed by atoms with Gasteiger partial charge in [-0.15, -0.1) is 0 Å². The molecule has 2 aromatic rings. The van der Waals surface area contributed by atoms with Crippen molar-refractivity contribution in [2.75, 3.05) is 5.43 Å². The van der Waals surface area contributed by atoms with Crippen LogP contribution >= 0.6 is 0 Å². The van der Waals surface area contributed by atoms with Gasteiger partial charge in [-0.3, -0.25) is 0 Å². The fraction of sp³-hybridized carbons (Fsp3) is 0.364. The van der Waals surface area contributed by atoms with E-state index in [0.717, 1.165) is 30.0 Å². The molecule has 0 bridgehead atoms. The zero-order valence-electron chi connectivity index (χ0n) is 10.0. The SMILES string of the molecule is CCCc1nc(NN)cc(-n2cc(C)cn2)n1.